The molecule has 0 unspecified atom stereocenters. The van der Waals surface area contributed by atoms with Crippen molar-refractivity contribution in [3.8, 4) is 17.4 Å². The first-order chi connectivity index (χ1) is 20.5. The topological polar surface area (TPSA) is 133 Å². The SMILES string of the molecule is CC.CCOC(=O)CCCN=C(N=C(C)C)N/C(=C/NC(=O)c1ccc(Oc2c(C)cc(Cl)c(C(C)C)c2OC)o1)OC. The van der Waals surface area contributed by atoms with Gasteiger partial charge in [-0.3, -0.25) is 19.9 Å². The van der Waals surface area contributed by atoms with Gasteiger partial charge in [-0.05, 0) is 57.7 Å². The van der Waals surface area contributed by atoms with Crippen molar-refractivity contribution in [1.29, 1.82) is 0 Å². The Morgan fingerprint density at radius 1 is 1.14 bits per heavy atom. The average Bonchev–Trinajstić information content (AvgIpc) is 3.43. The lowest BCUT2D eigenvalue weighted by molar-refractivity contribution is -0.143. The van der Waals surface area contributed by atoms with Crippen molar-refractivity contribution < 1.29 is 33.0 Å². The largest absolute Gasteiger partial charge is 0.492 e. The van der Waals surface area contributed by atoms with Crippen LogP contribution in [0.25, 0.3) is 0 Å². The van der Waals surface area contributed by atoms with E-state index in [1.165, 1.54) is 25.4 Å². The van der Waals surface area contributed by atoms with Crippen molar-refractivity contribution in [1.82, 2.24) is 10.6 Å². The number of ether oxygens (including phenoxy) is 4. The van der Waals surface area contributed by atoms with Crippen molar-refractivity contribution in [3.63, 3.8) is 0 Å². The molecule has 43 heavy (non-hydrogen) atoms. The lowest BCUT2D eigenvalue weighted by atomic mass is 9.99. The number of rotatable bonds is 13. The summed E-state index contributed by atoms with van der Waals surface area (Å²) in [6.07, 6.45) is 2.07. The molecule has 1 aromatic carbocycles. The van der Waals surface area contributed by atoms with Crippen LogP contribution in [0.3, 0.4) is 0 Å². The third kappa shape index (κ3) is 12.0. The van der Waals surface area contributed by atoms with E-state index in [0.29, 0.717) is 36.1 Å². The fraction of sp³-hybridized carbons (Fsp3) is 0.484. The van der Waals surface area contributed by atoms with Gasteiger partial charge in [-0.25, -0.2) is 4.99 Å². The van der Waals surface area contributed by atoms with Crippen LogP contribution < -0.4 is 20.1 Å². The molecule has 2 aromatic rings. The minimum atomic E-state index is -0.540. The number of hydrogen-bond acceptors (Lipinski definition) is 8. The molecule has 0 saturated carbocycles. The quantitative estimate of drug-likeness (QED) is 0.0794. The van der Waals surface area contributed by atoms with E-state index in [4.69, 9.17) is 35.0 Å². The number of hydrogen-bond donors (Lipinski definition) is 2. The maximum Gasteiger partial charge on any atom is 0.305 e. The number of aryl methyl sites for hydroxylation is 1. The van der Waals surface area contributed by atoms with Crippen LogP contribution in [-0.4, -0.2) is 50.9 Å². The van der Waals surface area contributed by atoms with E-state index in [1.54, 1.807) is 20.1 Å². The Labute approximate surface area is 259 Å². The van der Waals surface area contributed by atoms with Crippen molar-refractivity contribution in [2.24, 2.45) is 9.98 Å². The van der Waals surface area contributed by atoms with Gasteiger partial charge in [0.1, 0.15) is 0 Å². The Morgan fingerprint density at radius 2 is 1.84 bits per heavy atom. The number of methoxy groups -OCH3 is 2. The molecule has 0 fully saturated rings. The summed E-state index contributed by atoms with van der Waals surface area (Å²) < 4.78 is 27.5. The number of guanidine groups is 1. The molecule has 11 nitrogen and oxygen atoms in total. The maximum absolute atomic E-state index is 12.8. The smallest absolute Gasteiger partial charge is 0.305 e. The first-order valence-corrected chi connectivity index (χ1v) is 14.6. The minimum Gasteiger partial charge on any atom is -0.492 e. The first kappa shape index (κ1) is 37.0. The van der Waals surface area contributed by atoms with Gasteiger partial charge in [0.25, 0.3) is 11.9 Å². The lowest BCUT2D eigenvalue weighted by Gasteiger charge is -2.19. The maximum atomic E-state index is 12.8. The number of nitrogens with zero attached hydrogens (tertiary/aromatic N) is 2. The zero-order chi connectivity index (χ0) is 32.5. The molecule has 1 heterocycles. The summed E-state index contributed by atoms with van der Waals surface area (Å²) in [7, 11) is 2.98. The Balaban J connectivity index is 0.00000452. The molecular weight excluding hydrogens is 576 g/mol. The van der Waals surface area contributed by atoms with E-state index >= 15 is 0 Å². The van der Waals surface area contributed by atoms with E-state index in [0.717, 1.165) is 16.8 Å². The molecule has 0 saturated heterocycles. The van der Waals surface area contributed by atoms with Gasteiger partial charge in [0.15, 0.2) is 17.3 Å². The first-order valence-electron chi connectivity index (χ1n) is 14.2. The molecule has 0 aliphatic rings. The summed E-state index contributed by atoms with van der Waals surface area (Å²) in [6.45, 7) is 15.9. The van der Waals surface area contributed by atoms with Gasteiger partial charge in [-0.15, -0.1) is 0 Å². The lowest BCUT2D eigenvalue weighted by Crippen LogP contribution is -2.26. The Kier molecular flexibility index (Phi) is 16.6. The van der Waals surface area contributed by atoms with Crippen LogP contribution in [0.1, 0.15) is 88.9 Å². The van der Waals surface area contributed by atoms with E-state index in [-0.39, 0.29) is 41.9 Å². The molecule has 0 aliphatic carbocycles. The molecule has 0 aliphatic heterocycles. The van der Waals surface area contributed by atoms with E-state index in [9.17, 15) is 9.59 Å². The number of aliphatic imine (C=N–C) groups is 2. The normalized spacial score (nSPS) is 11.3. The molecule has 2 rings (SSSR count). The second kappa shape index (κ2) is 19.2. The van der Waals surface area contributed by atoms with Crippen molar-refractivity contribution in [2.45, 2.75) is 74.1 Å². The fourth-order valence-electron chi connectivity index (χ4n) is 3.62. The molecule has 238 valence electrons. The molecule has 0 atom stereocenters. The van der Waals surface area contributed by atoms with E-state index < -0.39 is 5.91 Å². The zero-order valence-corrected chi connectivity index (χ0v) is 27.6. The highest BCUT2D eigenvalue weighted by atomic mass is 35.5. The van der Waals surface area contributed by atoms with Crippen LogP contribution in [0, 0.1) is 6.92 Å². The Bertz CT molecular complexity index is 1300. The molecule has 0 radical (unpaired) electrons. The van der Waals surface area contributed by atoms with Gasteiger partial charge in [0.05, 0.1) is 27.0 Å². The Morgan fingerprint density at radius 3 is 2.42 bits per heavy atom. The number of carbonyl (C=O) groups excluding carboxylic acids is 2. The van der Waals surface area contributed by atoms with E-state index in [1.807, 2.05) is 48.5 Å². The number of carbonyl (C=O) groups is 2. The zero-order valence-electron chi connectivity index (χ0n) is 26.8. The predicted octanol–water partition coefficient (Wildman–Crippen LogP) is 7.14. The van der Waals surface area contributed by atoms with Gasteiger partial charge in [0, 0.05) is 35.3 Å². The van der Waals surface area contributed by atoms with Crippen LogP contribution >= 0.6 is 11.6 Å². The van der Waals surface area contributed by atoms with E-state index in [2.05, 4.69) is 20.6 Å². The molecule has 1 aromatic heterocycles. The summed E-state index contributed by atoms with van der Waals surface area (Å²) in [5.41, 5.74) is 2.31. The average molecular weight is 621 g/mol. The summed E-state index contributed by atoms with van der Waals surface area (Å²) in [5.74, 6) is 0.795. The third-order valence-corrected chi connectivity index (χ3v) is 5.74. The number of halogens is 1. The van der Waals surface area contributed by atoms with Crippen LogP contribution in [0.5, 0.6) is 17.4 Å². The highest BCUT2D eigenvalue weighted by Crippen LogP contribution is 2.44. The monoisotopic (exact) mass is 620 g/mol. The van der Waals surface area contributed by atoms with Crippen molar-refractivity contribution >= 4 is 35.1 Å². The van der Waals surface area contributed by atoms with Crippen LogP contribution in [0.15, 0.2) is 44.7 Å². The molecular formula is C31H45ClN4O7. The van der Waals surface area contributed by atoms with Gasteiger partial charge in [0.2, 0.25) is 11.8 Å². The summed E-state index contributed by atoms with van der Waals surface area (Å²) >= 11 is 6.45. The van der Waals surface area contributed by atoms with Gasteiger partial charge >= 0.3 is 5.97 Å². The highest BCUT2D eigenvalue weighted by Gasteiger charge is 2.22. The molecule has 0 spiro atoms. The minimum absolute atomic E-state index is 0.0108. The van der Waals surface area contributed by atoms with Crippen LogP contribution in [0.4, 0.5) is 0 Å². The number of nitrogens with one attached hydrogen (secondary N) is 2. The number of benzene rings is 1. The molecule has 1 amide bonds. The molecule has 2 N–H and O–H groups in total. The van der Waals surface area contributed by atoms with Crippen LogP contribution in [0.2, 0.25) is 5.02 Å². The van der Waals surface area contributed by atoms with Crippen molar-refractivity contribution in [3.05, 3.63) is 52.2 Å². The number of esters is 1. The third-order valence-electron chi connectivity index (χ3n) is 5.42. The van der Waals surface area contributed by atoms with Crippen LogP contribution in [-0.2, 0) is 14.3 Å². The summed E-state index contributed by atoms with van der Waals surface area (Å²) in [5, 5.41) is 6.11. The molecule has 12 heteroatoms. The standard InChI is InChI=1S/C29H39ClN4O7.C2H6/c1-9-39-23(35)11-10-14-31-29(33-18(4)5)34-22(37-7)16-32-28(36)21-12-13-24(40-21)41-26-19(6)15-20(30)25(17(2)3)27(26)38-8;1-2/h12-13,15-17H,9-11,14H2,1-8H3,(H,31,34)(H,32,36);1-2H3/b22-16-;. The second-order valence-corrected chi connectivity index (χ2v) is 9.72. The van der Waals surface area contributed by atoms with Crippen molar-refractivity contribution in [2.75, 3.05) is 27.4 Å². The number of amides is 1. The number of furan rings is 1. The highest BCUT2D eigenvalue weighted by molar-refractivity contribution is 6.31. The molecule has 0 bridgehead atoms. The summed E-state index contributed by atoms with van der Waals surface area (Å²) in [4.78, 5) is 33.0. The Hall–Kier alpha value is -3.99. The second-order valence-electron chi connectivity index (χ2n) is 9.31. The van der Waals surface area contributed by atoms with Gasteiger partial charge in [-0.1, -0.05) is 39.3 Å². The summed E-state index contributed by atoms with van der Waals surface area (Å²) in [6, 6.07) is 4.83. The fourth-order valence-corrected chi connectivity index (χ4v) is 4.09. The predicted molar refractivity (Wildman–Crippen MR) is 170 cm³/mol. The van der Waals surface area contributed by atoms with Gasteiger partial charge < -0.3 is 28.7 Å². The van der Waals surface area contributed by atoms with Gasteiger partial charge in [-0.2, -0.15) is 0 Å².